The van der Waals surface area contributed by atoms with Crippen molar-refractivity contribution in [2.75, 3.05) is 6.54 Å². The Bertz CT molecular complexity index is 361. The van der Waals surface area contributed by atoms with Crippen molar-refractivity contribution in [2.45, 2.75) is 71.9 Å². The Hall–Kier alpha value is -1.06. The van der Waals surface area contributed by atoms with Crippen LogP contribution in [0.4, 0.5) is 0 Å². The zero-order valence-corrected chi connectivity index (χ0v) is 13.2. The van der Waals surface area contributed by atoms with Crippen LogP contribution in [-0.4, -0.2) is 34.3 Å². The first-order valence-corrected chi connectivity index (χ1v) is 7.42. The highest BCUT2D eigenvalue weighted by Gasteiger charge is 2.54. The van der Waals surface area contributed by atoms with Crippen LogP contribution < -0.4 is 5.32 Å². The lowest BCUT2D eigenvalue weighted by atomic mass is 9.80. The van der Waals surface area contributed by atoms with Gasteiger partial charge in [0.2, 0.25) is 11.8 Å². The molecule has 1 rings (SSSR count). The van der Waals surface area contributed by atoms with Gasteiger partial charge in [-0.2, -0.15) is 0 Å². The molecular weight excluding hydrogens is 240 g/mol. The van der Waals surface area contributed by atoms with E-state index in [-0.39, 0.29) is 11.8 Å². The number of hydrogen-bond donors (Lipinski definition) is 1. The van der Waals surface area contributed by atoms with Crippen molar-refractivity contribution in [3.63, 3.8) is 0 Å². The third-order valence-electron chi connectivity index (χ3n) is 4.47. The normalized spacial score (nSPS) is 26.8. The van der Waals surface area contributed by atoms with Gasteiger partial charge in [0.1, 0.15) is 11.1 Å². The van der Waals surface area contributed by atoms with E-state index in [1.807, 2.05) is 32.6 Å². The second kappa shape index (κ2) is 5.51. The van der Waals surface area contributed by atoms with Gasteiger partial charge >= 0.3 is 0 Å². The Morgan fingerprint density at radius 3 is 2.00 bits per heavy atom. The summed E-state index contributed by atoms with van der Waals surface area (Å²) in [7, 11) is 0. The zero-order valence-electron chi connectivity index (χ0n) is 13.2. The predicted molar refractivity (Wildman–Crippen MR) is 76.7 cm³/mol. The van der Waals surface area contributed by atoms with Crippen molar-refractivity contribution in [2.24, 2.45) is 5.92 Å². The average Bonchev–Trinajstić information content (AvgIpc) is 2.36. The molecule has 1 fully saturated rings. The SMILES string of the molecule is CCC1(C)NC(=O)C(CC)(CC)N(CC(C)C)C1=O. The lowest BCUT2D eigenvalue weighted by Crippen LogP contribution is -2.75. The fourth-order valence-electron chi connectivity index (χ4n) is 2.85. The quantitative estimate of drug-likeness (QED) is 0.832. The van der Waals surface area contributed by atoms with Gasteiger partial charge in [-0.15, -0.1) is 0 Å². The van der Waals surface area contributed by atoms with Gasteiger partial charge in [-0.25, -0.2) is 0 Å². The van der Waals surface area contributed by atoms with Gasteiger partial charge in [0, 0.05) is 6.54 Å². The first kappa shape index (κ1) is 16.0. The molecule has 0 aliphatic carbocycles. The van der Waals surface area contributed by atoms with Crippen LogP contribution in [-0.2, 0) is 9.59 Å². The highest BCUT2D eigenvalue weighted by Crippen LogP contribution is 2.33. The molecule has 1 unspecified atom stereocenters. The van der Waals surface area contributed by atoms with E-state index >= 15 is 0 Å². The van der Waals surface area contributed by atoms with Gasteiger partial charge in [-0.3, -0.25) is 9.59 Å². The smallest absolute Gasteiger partial charge is 0.248 e. The van der Waals surface area contributed by atoms with Crippen LogP contribution in [0.25, 0.3) is 0 Å². The van der Waals surface area contributed by atoms with Crippen LogP contribution in [0.5, 0.6) is 0 Å². The van der Waals surface area contributed by atoms with Crippen molar-refractivity contribution < 1.29 is 9.59 Å². The molecule has 4 nitrogen and oxygen atoms in total. The van der Waals surface area contributed by atoms with Crippen molar-refractivity contribution in [3.8, 4) is 0 Å². The maximum atomic E-state index is 12.8. The number of nitrogens with zero attached hydrogens (tertiary/aromatic N) is 1. The largest absolute Gasteiger partial charge is 0.340 e. The van der Waals surface area contributed by atoms with Crippen molar-refractivity contribution in [1.29, 1.82) is 0 Å². The maximum absolute atomic E-state index is 12.8. The minimum atomic E-state index is -0.750. The summed E-state index contributed by atoms with van der Waals surface area (Å²) < 4.78 is 0. The average molecular weight is 268 g/mol. The maximum Gasteiger partial charge on any atom is 0.248 e. The van der Waals surface area contributed by atoms with E-state index in [1.54, 1.807) is 0 Å². The van der Waals surface area contributed by atoms with Crippen LogP contribution in [0.1, 0.15) is 60.8 Å². The Morgan fingerprint density at radius 1 is 1.11 bits per heavy atom. The molecule has 0 aromatic rings. The van der Waals surface area contributed by atoms with Gasteiger partial charge in [-0.05, 0) is 32.1 Å². The van der Waals surface area contributed by atoms with Crippen LogP contribution in [0, 0.1) is 5.92 Å². The standard InChI is InChI=1S/C15H28N2O2/c1-7-14(6)13(19)17(10-11(4)5)15(8-2,9-3)12(18)16-14/h11H,7-10H2,1-6H3,(H,16,18). The van der Waals surface area contributed by atoms with Crippen molar-refractivity contribution >= 4 is 11.8 Å². The molecule has 1 atom stereocenters. The first-order chi connectivity index (χ1) is 8.77. The number of carbonyl (C=O) groups excluding carboxylic acids is 2. The van der Waals surface area contributed by atoms with Crippen LogP contribution in [0.15, 0.2) is 0 Å². The number of rotatable bonds is 5. The molecule has 0 spiro atoms. The molecule has 1 N–H and O–H groups in total. The van der Waals surface area contributed by atoms with Gasteiger partial charge in [-0.1, -0.05) is 34.6 Å². The van der Waals surface area contributed by atoms with E-state index in [2.05, 4.69) is 19.2 Å². The molecule has 0 radical (unpaired) electrons. The Kier molecular flexibility index (Phi) is 4.64. The molecular formula is C15H28N2O2. The van der Waals surface area contributed by atoms with Crippen LogP contribution in [0.3, 0.4) is 0 Å². The molecule has 1 heterocycles. The summed E-state index contributed by atoms with van der Waals surface area (Å²) >= 11 is 0. The summed E-state index contributed by atoms with van der Waals surface area (Å²) in [5, 5.41) is 2.96. The highest BCUT2D eigenvalue weighted by molar-refractivity contribution is 6.02. The van der Waals surface area contributed by atoms with Gasteiger partial charge in [0.05, 0.1) is 0 Å². The first-order valence-electron chi connectivity index (χ1n) is 7.42. The summed E-state index contributed by atoms with van der Waals surface area (Å²) in [4.78, 5) is 27.2. The van der Waals surface area contributed by atoms with Crippen molar-refractivity contribution in [3.05, 3.63) is 0 Å². The second-order valence-electron chi connectivity index (χ2n) is 6.19. The highest BCUT2D eigenvalue weighted by atomic mass is 16.2. The minimum Gasteiger partial charge on any atom is -0.340 e. The third kappa shape index (κ3) is 2.49. The summed E-state index contributed by atoms with van der Waals surface area (Å²) in [5.41, 5.74) is -1.42. The number of carbonyl (C=O) groups is 2. The number of nitrogens with one attached hydrogen (secondary N) is 1. The predicted octanol–water partition coefficient (Wildman–Crippen LogP) is 2.33. The second-order valence-corrected chi connectivity index (χ2v) is 6.19. The molecule has 1 saturated heterocycles. The van der Waals surface area contributed by atoms with E-state index < -0.39 is 11.1 Å². The molecule has 0 saturated carbocycles. The molecule has 0 bridgehead atoms. The van der Waals surface area contributed by atoms with E-state index in [9.17, 15) is 9.59 Å². The molecule has 1 aliphatic rings. The molecule has 110 valence electrons. The zero-order chi connectivity index (χ0) is 14.8. The van der Waals surface area contributed by atoms with E-state index in [0.717, 1.165) is 0 Å². The fraction of sp³-hybridized carbons (Fsp3) is 0.867. The topological polar surface area (TPSA) is 49.4 Å². The molecule has 4 heteroatoms. The lowest BCUT2D eigenvalue weighted by Gasteiger charge is -2.51. The Labute approximate surface area is 116 Å². The number of amides is 2. The molecule has 1 aliphatic heterocycles. The number of piperazine rings is 1. The third-order valence-corrected chi connectivity index (χ3v) is 4.47. The van der Waals surface area contributed by atoms with Gasteiger partial charge in [0.25, 0.3) is 0 Å². The Morgan fingerprint density at radius 2 is 1.63 bits per heavy atom. The van der Waals surface area contributed by atoms with Crippen molar-refractivity contribution in [1.82, 2.24) is 10.2 Å². The van der Waals surface area contributed by atoms with E-state index in [4.69, 9.17) is 0 Å². The van der Waals surface area contributed by atoms with Crippen LogP contribution in [0.2, 0.25) is 0 Å². The summed E-state index contributed by atoms with van der Waals surface area (Å²) in [6, 6.07) is 0. The minimum absolute atomic E-state index is 0.00194. The fourth-order valence-corrected chi connectivity index (χ4v) is 2.85. The lowest BCUT2D eigenvalue weighted by molar-refractivity contribution is -0.164. The van der Waals surface area contributed by atoms with E-state index in [0.29, 0.717) is 31.7 Å². The summed E-state index contributed by atoms with van der Waals surface area (Å²) in [6.07, 6.45) is 1.94. The van der Waals surface area contributed by atoms with Crippen LogP contribution >= 0.6 is 0 Å². The summed E-state index contributed by atoms with van der Waals surface area (Å²) in [5.74, 6) is 0.419. The molecule has 0 aromatic heterocycles. The number of hydrogen-bond acceptors (Lipinski definition) is 2. The van der Waals surface area contributed by atoms with Gasteiger partial charge in [0.15, 0.2) is 0 Å². The van der Waals surface area contributed by atoms with Gasteiger partial charge < -0.3 is 10.2 Å². The Balaban J connectivity index is 3.26. The van der Waals surface area contributed by atoms with E-state index in [1.165, 1.54) is 0 Å². The molecule has 2 amide bonds. The molecule has 0 aromatic carbocycles. The molecule has 19 heavy (non-hydrogen) atoms. The monoisotopic (exact) mass is 268 g/mol. The summed E-state index contributed by atoms with van der Waals surface area (Å²) in [6.45, 7) is 12.5.